The van der Waals surface area contributed by atoms with E-state index in [9.17, 15) is 4.79 Å². The van der Waals surface area contributed by atoms with E-state index in [0.717, 1.165) is 19.3 Å². The number of ether oxygens (including phenoxy) is 1. The van der Waals surface area contributed by atoms with E-state index in [1.165, 1.54) is 11.1 Å². The summed E-state index contributed by atoms with van der Waals surface area (Å²) in [5.41, 5.74) is 2.66. The molecule has 1 aromatic rings. The van der Waals surface area contributed by atoms with Gasteiger partial charge in [0.1, 0.15) is 0 Å². The lowest BCUT2D eigenvalue weighted by molar-refractivity contribution is -0.137. The Labute approximate surface area is 101 Å². The molecule has 0 amide bonds. The molecule has 0 saturated heterocycles. The molecule has 1 N–H and O–H groups in total. The number of fused-ring (bicyclic) bond motifs is 1. The molecule has 1 aliphatic carbocycles. The molecule has 17 heavy (non-hydrogen) atoms. The topological polar surface area (TPSA) is 46.5 Å². The van der Waals surface area contributed by atoms with Crippen LogP contribution in [0.5, 0.6) is 0 Å². The zero-order valence-corrected chi connectivity index (χ0v) is 9.89. The number of rotatable bonds is 5. The van der Waals surface area contributed by atoms with E-state index >= 15 is 0 Å². The van der Waals surface area contributed by atoms with Crippen molar-refractivity contribution in [3.8, 4) is 0 Å². The zero-order valence-electron chi connectivity index (χ0n) is 9.89. The Morgan fingerprint density at radius 1 is 1.41 bits per heavy atom. The number of hydrogen-bond donors (Lipinski definition) is 1. The predicted octanol–water partition coefficient (Wildman–Crippen LogP) is 2.95. The van der Waals surface area contributed by atoms with Crippen molar-refractivity contribution in [3.63, 3.8) is 0 Å². The lowest BCUT2D eigenvalue weighted by Crippen LogP contribution is -2.13. The van der Waals surface area contributed by atoms with Gasteiger partial charge in [-0.25, -0.2) is 0 Å². The molecule has 0 fully saturated rings. The first-order chi connectivity index (χ1) is 8.27. The summed E-state index contributed by atoms with van der Waals surface area (Å²) < 4.78 is 5.80. The van der Waals surface area contributed by atoms with Gasteiger partial charge in [0, 0.05) is 13.0 Å². The first-order valence-corrected chi connectivity index (χ1v) is 6.18. The minimum atomic E-state index is -0.752. The van der Waals surface area contributed by atoms with Crippen molar-refractivity contribution in [2.75, 3.05) is 6.61 Å². The zero-order chi connectivity index (χ0) is 12.1. The van der Waals surface area contributed by atoms with Gasteiger partial charge in [-0.1, -0.05) is 24.3 Å². The number of carboxylic acid groups (broad SMARTS) is 1. The van der Waals surface area contributed by atoms with E-state index in [4.69, 9.17) is 9.84 Å². The van der Waals surface area contributed by atoms with Crippen molar-refractivity contribution in [3.05, 3.63) is 35.4 Å². The average Bonchev–Trinajstić information content (AvgIpc) is 2.34. The molecule has 0 spiro atoms. The van der Waals surface area contributed by atoms with Crippen LogP contribution in [0.2, 0.25) is 0 Å². The molecule has 0 aliphatic heterocycles. The summed E-state index contributed by atoms with van der Waals surface area (Å²) >= 11 is 0. The van der Waals surface area contributed by atoms with E-state index in [1.54, 1.807) is 0 Å². The molecule has 1 atom stereocenters. The Morgan fingerprint density at radius 3 is 3.06 bits per heavy atom. The second kappa shape index (κ2) is 5.82. The van der Waals surface area contributed by atoms with Gasteiger partial charge in [0.25, 0.3) is 0 Å². The molecule has 3 nitrogen and oxygen atoms in total. The molecule has 1 unspecified atom stereocenters. The maximum Gasteiger partial charge on any atom is 0.303 e. The van der Waals surface area contributed by atoms with Crippen LogP contribution < -0.4 is 0 Å². The van der Waals surface area contributed by atoms with Gasteiger partial charge in [-0.05, 0) is 36.8 Å². The molecule has 2 rings (SSSR count). The SMILES string of the molecule is O=C(O)CCCOC1CCCc2ccccc21. The van der Waals surface area contributed by atoms with Gasteiger partial charge in [0.15, 0.2) is 0 Å². The Balaban J connectivity index is 1.88. The number of carboxylic acids is 1. The standard InChI is InChI=1S/C14H18O3/c15-14(16)9-4-10-17-13-8-3-6-11-5-1-2-7-12(11)13/h1-2,5,7,13H,3-4,6,8-10H2,(H,15,16). The van der Waals surface area contributed by atoms with Crippen molar-refractivity contribution < 1.29 is 14.6 Å². The van der Waals surface area contributed by atoms with Crippen LogP contribution in [0.1, 0.15) is 42.9 Å². The van der Waals surface area contributed by atoms with Crippen molar-refractivity contribution in [1.82, 2.24) is 0 Å². The molecule has 92 valence electrons. The third-order valence-electron chi connectivity index (χ3n) is 3.17. The van der Waals surface area contributed by atoms with Gasteiger partial charge in [0.05, 0.1) is 6.10 Å². The molecule has 0 heterocycles. The maximum absolute atomic E-state index is 10.4. The molecular weight excluding hydrogens is 216 g/mol. The highest BCUT2D eigenvalue weighted by Gasteiger charge is 2.19. The molecule has 0 bridgehead atoms. The first-order valence-electron chi connectivity index (χ1n) is 6.18. The molecule has 3 heteroatoms. The number of hydrogen-bond acceptors (Lipinski definition) is 2. The molecule has 0 aromatic heterocycles. The minimum absolute atomic E-state index is 0.161. The van der Waals surface area contributed by atoms with Crippen LogP contribution >= 0.6 is 0 Å². The quantitative estimate of drug-likeness (QED) is 0.797. The Bertz CT molecular complexity index is 387. The number of aryl methyl sites for hydroxylation is 1. The Morgan fingerprint density at radius 2 is 2.24 bits per heavy atom. The Kier molecular flexibility index (Phi) is 4.15. The number of carbonyl (C=O) groups is 1. The number of benzene rings is 1. The largest absolute Gasteiger partial charge is 0.481 e. The Hall–Kier alpha value is -1.35. The van der Waals surface area contributed by atoms with Crippen molar-refractivity contribution in [2.45, 2.75) is 38.2 Å². The molecule has 1 aromatic carbocycles. The molecular formula is C14H18O3. The monoisotopic (exact) mass is 234 g/mol. The van der Waals surface area contributed by atoms with Gasteiger partial charge >= 0.3 is 5.97 Å². The van der Waals surface area contributed by atoms with Crippen LogP contribution in [0.15, 0.2) is 24.3 Å². The maximum atomic E-state index is 10.4. The van der Waals surface area contributed by atoms with E-state index in [1.807, 2.05) is 6.07 Å². The van der Waals surface area contributed by atoms with E-state index < -0.39 is 5.97 Å². The van der Waals surface area contributed by atoms with Crippen LogP contribution in [-0.4, -0.2) is 17.7 Å². The van der Waals surface area contributed by atoms with E-state index in [2.05, 4.69) is 18.2 Å². The van der Waals surface area contributed by atoms with Crippen molar-refractivity contribution in [2.24, 2.45) is 0 Å². The fraction of sp³-hybridized carbons (Fsp3) is 0.500. The fourth-order valence-electron chi connectivity index (χ4n) is 2.33. The van der Waals surface area contributed by atoms with E-state index in [0.29, 0.717) is 13.0 Å². The number of aliphatic carboxylic acids is 1. The normalized spacial score (nSPS) is 18.7. The van der Waals surface area contributed by atoms with Gasteiger partial charge < -0.3 is 9.84 Å². The lowest BCUT2D eigenvalue weighted by atomic mass is 9.89. The second-order valence-corrected chi connectivity index (χ2v) is 4.45. The third-order valence-corrected chi connectivity index (χ3v) is 3.17. The summed E-state index contributed by atoms with van der Waals surface area (Å²) in [5, 5.41) is 8.55. The molecule has 1 aliphatic rings. The summed E-state index contributed by atoms with van der Waals surface area (Å²) in [6.45, 7) is 0.533. The van der Waals surface area contributed by atoms with Crippen molar-refractivity contribution >= 4 is 5.97 Å². The van der Waals surface area contributed by atoms with Crippen LogP contribution in [0, 0.1) is 0 Å². The average molecular weight is 234 g/mol. The molecule has 0 radical (unpaired) electrons. The van der Waals surface area contributed by atoms with Crippen molar-refractivity contribution in [1.29, 1.82) is 0 Å². The summed E-state index contributed by atoms with van der Waals surface area (Å²) in [6, 6.07) is 8.38. The van der Waals surface area contributed by atoms with Crippen LogP contribution in [0.25, 0.3) is 0 Å². The van der Waals surface area contributed by atoms with Crippen LogP contribution in [0.3, 0.4) is 0 Å². The highest BCUT2D eigenvalue weighted by Crippen LogP contribution is 2.32. The summed E-state index contributed by atoms with van der Waals surface area (Å²) in [4.78, 5) is 10.4. The summed E-state index contributed by atoms with van der Waals surface area (Å²) in [6.07, 6.45) is 4.27. The second-order valence-electron chi connectivity index (χ2n) is 4.45. The lowest BCUT2D eigenvalue weighted by Gasteiger charge is -2.25. The minimum Gasteiger partial charge on any atom is -0.481 e. The van der Waals surface area contributed by atoms with Crippen LogP contribution in [0.4, 0.5) is 0 Å². The van der Waals surface area contributed by atoms with Crippen LogP contribution in [-0.2, 0) is 16.0 Å². The highest BCUT2D eigenvalue weighted by molar-refractivity contribution is 5.66. The van der Waals surface area contributed by atoms with E-state index in [-0.39, 0.29) is 12.5 Å². The highest BCUT2D eigenvalue weighted by atomic mass is 16.5. The van der Waals surface area contributed by atoms with Gasteiger partial charge in [0.2, 0.25) is 0 Å². The van der Waals surface area contributed by atoms with Gasteiger partial charge in [-0.3, -0.25) is 4.79 Å². The predicted molar refractivity (Wildman–Crippen MR) is 64.9 cm³/mol. The fourth-order valence-corrected chi connectivity index (χ4v) is 2.33. The first kappa shape index (κ1) is 12.1. The van der Waals surface area contributed by atoms with Gasteiger partial charge in [-0.2, -0.15) is 0 Å². The summed E-state index contributed by atoms with van der Waals surface area (Å²) in [7, 11) is 0. The smallest absolute Gasteiger partial charge is 0.303 e. The summed E-state index contributed by atoms with van der Waals surface area (Å²) in [5.74, 6) is -0.752. The molecule has 0 saturated carbocycles. The third kappa shape index (κ3) is 3.30. The van der Waals surface area contributed by atoms with Gasteiger partial charge in [-0.15, -0.1) is 0 Å².